The summed E-state index contributed by atoms with van der Waals surface area (Å²) >= 11 is 0. The van der Waals surface area contributed by atoms with Crippen molar-refractivity contribution in [2.75, 3.05) is 11.4 Å². The number of rotatable bonds is 2. The van der Waals surface area contributed by atoms with Gasteiger partial charge in [-0.25, -0.2) is 0 Å². The summed E-state index contributed by atoms with van der Waals surface area (Å²) in [5.41, 5.74) is 7.59. The highest BCUT2D eigenvalue weighted by atomic mass is 16.3. The molecule has 1 saturated heterocycles. The van der Waals surface area contributed by atoms with Gasteiger partial charge in [0.15, 0.2) is 0 Å². The number of para-hydroxylation sites is 1. The van der Waals surface area contributed by atoms with E-state index in [9.17, 15) is 9.59 Å². The van der Waals surface area contributed by atoms with Crippen molar-refractivity contribution < 1.29 is 14.0 Å². The SMILES string of the molecule is NC(=O)[C@@H]1CC(=O)N(c2ccc3c(c2)oc2ccccc23)C1. The van der Waals surface area contributed by atoms with E-state index in [0.29, 0.717) is 6.54 Å². The molecule has 1 atom stereocenters. The molecule has 1 aliphatic rings. The highest BCUT2D eigenvalue weighted by molar-refractivity contribution is 6.07. The maximum Gasteiger partial charge on any atom is 0.227 e. The molecule has 1 fully saturated rings. The molecule has 2 aromatic carbocycles. The van der Waals surface area contributed by atoms with Gasteiger partial charge in [-0.2, -0.15) is 0 Å². The van der Waals surface area contributed by atoms with E-state index in [1.54, 1.807) is 4.90 Å². The number of hydrogen-bond acceptors (Lipinski definition) is 3. The number of anilines is 1. The summed E-state index contributed by atoms with van der Waals surface area (Å²) in [6.45, 7) is 0.333. The van der Waals surface area contributed by atoms with Gasteiger partial charge in [-0.05, 0) is 18.2 Å². The topological polar surface area (TPSA) is 76.5 Å². The van der Waals surface area contributed by atoms with Gasteiger partial charge in [0, 0.05) is 35.5 Å². The largest absolute Gasteiger partial charge is 0.456 e. The van der Waals surface area contributed by atoms with Crippen LogP contribution in [0.3, 0.4) is 0 Å². The van der Waals surface area contributed by atoms with Gasteiger partial charge in [-0.1, -0.05) is 18.2 Å². The van der Waals surface area contributed by atoms with Gasteiger partial charge in [-0.15, -0.1) is 0 Å². The zero-order valence-corrected chi connectivity index (χ0v) is 11.8. The first-order chi connectivity index (χ1) is 10.6. The predicted octanol–water partition coefficient (Wildman–Crippen LogP) is 2.42. The number of nitrogens with zero attached hydrogens (tertiary/aromatic N) is 1. The minimum Gasteiger partial charge on any atom is -0.456 e. The van der Waals surface area contributed by atoms with Crippen LogP contribution in [-0.4, -0.2) is 18.4 Å². The molecule has 2 heterocycles. The Labute approximate surface area is 126 Å². The molecule has 4 rings (SSSR count). The van der Waals surface area contributed by atoms with E-state index >= 15 is 0 Å². The Morgan fingerprint density at radius 3 is 2.68 bits per heavy atom. The molecule has 2 amide bonds. The molecule has 5 heteroatoms. The van der Waals surface area contributed by atoms with Crippen LogP contribution in [0, 0.1) is 5.92 Å². The van der Waals surface area contributed by atoms with Crippen molar-refractivity contribution in [1.82, 2.24) is 0 Å². The number of benzene rings is 2. The van der Waals surface area contributed by atoms with Crippen molar-refractivity contribution in [2.45, 2.75) is 6.42 Å². The molecular formula is C17H14N2O3. The first-order valence-electron chi connectivity index (χ1n) is 7.14. The lowest BCUT2D eigenvalue weighted by molar-refractivity contribution is -0.123. The monoisotopic (exact) mass is 294 g/mol. The Balaban J connectivity index is 1.78. The number of carbonyl (C=O) groups excluding carboxylic acids is 2. The van der Waals surface area contributed by atoms with Crippen molar-refractivity contribution in [3.8, 4) is 0 Å². The van der Waals surface area contributed by atoms with Crippen molar-refractivity contribution in [3.63, 3.8) is 0 Å². The number of fused-ring (bicyclic) bond motifs is 3. The molecular weight excluding hydrogens is 280 g/mol. The maximum atomic E-state index is 12.1. The quantitative estimate of drug-likeness (QED) is 0.788. The minimum atomic E-state index is -0.430. The first-order valence-corrected chi connectivity index (χ1v) is 7.14. The summed E-state index contributed by atoms with van der Waals surface area (Å²) < 4.78 is 5.83. The molecule has 5 nitrogen and oxygen atoms in total. The van der Waals surface area contributed by atoms with E-state index in [-0.39, 0.29) is 12.3 Å². The second kappa shape index (κ2) is 4.59. The van der Waals surface area contributed by atoms with E-state index in [0.717, 1.165) is 27.6 Å². The van der Waals surface area contributed by atoms with Crippen molar-refractivity contribution >= 4 is 39.4 Å². The van der Waals surface area contributed by atoms with Gasteiger partial charge >= 0.3 is 0 Å². The smallest absolute Gasteiger partial charge is 0.227 e. The second-order valence-electron chi connectivity index (χ2n) is 5.59. The van der Waals surface area contributed by atoms with Crippen LogP contribution in [-0.2, 0) is 9.59 Å². The lowest BCUT2D eigenvalue weighted by atomic mass is 10.1. The molecule has 1 aromatic heterocycles. The Hall–Kier alpha value is -2.82. The molecule has 0 radical (unpaired) electrons. The van der Waals surface area contributed by atoms with Crippen LogP contribution in [0.25, 0.3) is 21.9 Å². The number of furan rings is 1. The molecule has 1 aliphatic heterocycles. The second-order valence-corrected chi connectivity index (χ2v) is 5.59. The van der Waals surface area contributed by atoms with Crippen LogP contribution < -0.4 is 10.6 Å². The van der Waals surface area contributed by atoms with E-state index in [2.05, 4.69) is 0 Å². The fourth-order valence-electron chi connectivity index (χ4n) is 3.03. The zero-order valence-electron chi connectivity index (χ0n) is 11.8. The first kappa shape index (κ1) is 12.9. The molecule has 2 N–H and O–H groups in total. The number of carbonyl (C=O) groups is 2. The van der Waals surface area contributed by atoms with Gasteiger partial charge in [-0.3, -0.25) is 9.59 Å². The predicted molar refractivity (Wildman–Crippen MR) is 83.4 cm³/mol. The lowest BCUT2D eigenvalue weighted by Crippen LogP contribution is -2.28. The van der Waals surface area contributed by atoms with Crippen LogP contribution >= 0.6 is 0 Å². The third-order valence-electron chi connectivity index (χ3n) is 4.20. The molecule has 0 unspecified atom stereocenters. The Morgan fingerprint density at radius 2 is 1.91 bits per heavy atom. The van der Waals surface area contributed by atoms with Crippen LogP contribution in [0.2, 0.25) is 0 Å². The summed E-state index contributed by atoms with van der Waals surface area (Å²) in [5.74, 6) is -0.932. The van der Waals surface area contributed by atoms with E-state index in [1.807, 2.05) is 42.5 Å². The number of nitrogens with two attached hydrogens (primary N) is 1. The lowest BCUT2D eigenvalue weighted by Gasteiger charge is -2.16. The van der Waals surface area contributed by atoms with E-state index in [1.165, 1.54) is 0 Å². The number of amides is 2. The summed E-state index contributed by atoms with van der Waals surface area (Å²) in [6, 6.07) is 13.5. The highest BCUT2D eigenvalue weighted by Crippen LogP contribution is 2.33. The maximum absolute atomic E-state index is 12.1. The molecule has 0 spiro atoms. The van der Waals surface area contributed by atoms with E-state index in [4.69, 9.17) is 10.2 Å². The van der Waals surface area contributed by atoms with Gasteiger partial charge in [0.05, 0.1) is 5.92 Å². The normalized spacial score (nSPS) is 18.5. The fourth-order valence-corrected chi connectivity index (χ4v) is 3.03. The number of hydrogen-bond donors (Lipinski definition) is 1. The van der Waals surface area contributed by atoms with Crippen LogP contribution in [0.1, 0.15) is 6.42 Å². The molecule has 22 heavy (non-hydrogen) atoms. The van der Waals surface area contributed by atoms with Crippen molar-refractivity contribution in [2.24, 2.45) is 11.7 Å². The Bertz CT molecular complexity index is 913. The Kier molecular flexibility index (Phi) is 2.69. The summed E-state index contributed by atoms with van der Waals surface area (Å²) in [5, 5.41) is 2.06. The summed E-state index contributed by atoms with van der Waals surface area (Å²) in [6.07, 6.45) is 0.174. The Morgan fingerprint density at radius 1 is 1.14 bits per heavy atom. The van der Waals surface area contributed by atoms with Crippen molar-refractivity contribution in [1.29, 1.82) is 0 Å². The average molecular weight is 294 g/mol. The van der Waals surface area contributed by atoms with Crippen LogP contribution in [0.15, 0.2) is 46.9 Å². The van der Waals surface area contributed by atoms with Gasteiger partial charge < -0.3 is 15.1 Å². The third-order valence-corrected chi connectivity index (χ3v) is 4.20. The number of primary amides is 1. The highest BCUT2D eigenvalue weighted by Gasteiger charge is 2.34. The standard InChI is InChI=1S/C17H14N2O3/c18-17(21)10-7-16(20)19(9-10)11-5-6-13-12-3-1-2-4-14(12)22-15(13)8-11/h1-6,8,10H,7,9H2,(H2,18,21)/t10-/m1/s1. The zero-order chi connectivity index (χ0) is 15.3. The molecule has 0 saturated carbocycles. The van der Waals surface area contributed by atoms with E-state index < -0.39 is 11.8 Å². The van der Waals surface area contributed by atoms with Crippen molar-refractivity contribution in [3.05, 3.63) is 42.5 Å². The van der Waals surface area contributed by atoms with Crippen LogP contribution in [0.5, 0.6) is 0 Å². The molecule has 0 bridgehead atoms. The van der Waals surface area contributed by atoms with Crippen LogP contribution in [0.4, 0.5) is 5.69 Å². The van der Waals surface area contributed by atoms with Gasteiger partial charge in [0.25, 0.3) is 0 Å². The average Bonchev–Trinajstić information content (AvgIpc) is 3.07. The molecule has 3 aromatic rings. The van der Waals surface area contributed by atoms with Gasteiger partial charge in [0.1, 0.15) is 11.2 Å². The fraction of sp³-hybridized carbons (Fsp3) is 0.176. The third kappa shape index (κ3) is 1.86. The summed E-state index contributed by atoms with van der Waals surface area (Å²) in [7, 11) is 0. The van der Waals surface area contributed by atoms with Gasteiger partial charge in [0.2, 0.25) is 11.8 Å². The molecule has 0 aliphatic carbocycles. The summed E-state index contributed by atoms with van der Waals surface area (Å²) in [4.78, 5) is 25.0. The minimum absolute atomic E-state index is 0.0840. The molecule has 110 valence electrons.